The van der Waals surface area contributed by atoms with E-state index in [9.17, 15) is 0 Å². The van der Waals surface area contributed by atoms with E-state index in [0.29, 0.717) is 17.9 Å². The molecular formula is C13H22ClN5. The lowest BCUT2D eigenvalue weighted by Gasteiger charge is -2.09. The van der Waals surface area contributed by atoms with Crippen molar-refractivity contribution in [2.75, 3.05) is 17.2 Å². The van der Waals surface area contributed by atoms with Gasteiger partial charge >= 0.3 is 0 Å². The van der Waals surface area contributed by atoms with Gasteiger partial charge in [-0.05, 0) is 28.9 Å². The van der Waals surface area contributed by atoms with E-state index in [4.69, 9.17) is 11.6 Å². The Morgan fingerprint density at radius 3 is 2.16 bits per heavy atom. The summed E-state index contributed by atoms with van der Waals surface area (Å²) in [6.07, 6.45) is 1.01. The van der Waals surface area contributed by atoms with Gasteiger partial charge in [-0.15, -0.1) is 0 Å². The first-order chi connectivity index (χ1) is 8.79. The molecule has 5 nitrogen and oxygen atoms in total. The lowest BCUT2D eigenvalue weighted by molar-refractivity contribution is 0.457. The van der Waals surface area contributed by atoms with Gasteiger partial charge in [-0.1, -0.05) is 34.6 Å². The van der Waals surface area contributed by atoms with Crippen molar-refractivity contribution in [1.29, 1.82) is 0 Å². The first kappa shape index (κ1) is 14.3. The zero-order valence-electron chi connectivity index (χ0n) is 12.2. The fraction of sp³-hybridized carbons (Fsp3) is 0.769. The van der Waals surface area contributed by atoms with E-state index in [0.717, 1.165) is 13.0 Å². The molecule has 0 unspecified atom stereocenters. The van der Waals surface area contributed by atoms with Crippen LogP contribution in [0.25, 0.3) is 0 Å². The Bertz CT molecular complexity index is 458. The maximum absolute atomic E-state index is 5.93. The van der Waals surface area contributed by atoms with Crippen LogP contribution >= 0.6 is 11.6 Å². The fourth-order valence-electron chi connectivity index (χ4n) is 2.42. The summed E-state index contributed by atoms with van der Waals surface area (Å²) in [6.45, 7) is 11.9. The van der Waals surface area contributed by atoms with Gasteiger partial charge in [-0.3, -0.25) is 0 Å². The SMILES string of the molecule is CCCNc1nc(Cl)nc(NC2C(C)(C)C2(C)C)n1. The van der Waals surface area contributed by atoms with Gasteiger partial charge in [-0.2, -0.15) is 15.0 Å². The van der Waals surface area contributed by atoms with Gasteiger partial charge in [0.25, 0.3) is 0 Å². The van der Waals surface area contributed by atoms with Crippen LogP contribution in [0.5, 0.6) is 0 Å². The van der Waals surface area contributed by atoms with Crippen LogP contribution in [0, 0.1) is 10.8 Å². The third kappa shape index (κ3) is 2.61. The van der Waals surface area contributed by atoms with Crippen LogP contribution in [0.1, 0.15) is 41.0 Å². The average Bonchev–Trinajstić information content (AvgIpc) is 2.68. The standard InChI is InChI=1S/C13H22ClN5/c1-6-7-15-10-17-9(14)18-11(19-10)16-8-12(2,3)13(8,4)5/h8H,6-7H2,1-5H3,(H2,15,16,17,18,19). The molecule has 1 heterocycles. The molecule has 0 bridgehead atoms. The summed E-state index contributed by atoms with van der Waals surface area (Å²) in [6, 6.07) is 0.345. The number of hydrogen-bond acceptors (Lipinski definition) is 5. The molecule has 1 aliphatic carbocycles. The molecule has 19 heavy (non-hydrogen) atoms. The second-order valence-electron chi connectivity index (χ2n) is 6.20. The lowest BCUT2D eigenvalue weighted by Crippen LogP contribution is -2.15. The van der Waals surface area contributed by atoms with Crippen molar-refractivity contribution in [3.63, 3.8) is 0 Å². The Morgan fingerprint density at radius 2 is 1.63 bits per heavy atom. The second kappa shape index (κ2) is 4.78. The van der Waals surface area contributed by atoms with Gasteiger partial charge in [0, 0.05) is 12.6 Å². The highest BCUT2D eigenvalue weighted by Crippen LogP contribution is 2.63. The summed E-state index contributed by atoms with van der Waals surface area (Å²) in [5.74, 6) is 1.07. The average molecular weight is 284 g/mol. The van der Waals surface area contributed by atoms with E-state index in [1.165, 1.54) is 0 Å². The summed E-state index contributed by atoms with van der Waals surface area (Å²) in [5.41, 5.74) is 0.451. The first-order valence-electron chi connectivity index (χ1n) is 6.71. The summed E-state index contributed by atoms with van der Waals surface area (Å²) in [4.78, 5) is 12.6. The summed E-state index contributed by atoms with van der Waals surface area (Å²) in [7, 11) is 0. The van der Waals surface area contributed by atoms with E-state index in [1.807, 2.05) is 0 Å². The van der Waals surface area contributed by atoms with Crippen molar-refractivity contribution >= 4 is 23.5 Å². The number of nitrogens with zero attached hydrogens (tertiary/aromatic N) is 3. The molecule has 2 N–H and O–H groups in total. The molecule has 0 spiro atoms. The van der Waals surface area contributed by atoms with E-state index in [1.54, 1.807) is 0 Å². The number of halogens is 1. The fourth-order valence-corrected chi connectivity index (χ4v) is 2.58. The molecule has 2 rings (SSSR count). The predicted octanol–water partition coefficient (Wildman–Crippen LogP) is 3.19. The van der Waals surface area contributed by atoms with Gasteiger partial charge < -0.3 is 10.6 Å². The van der Waals surface area contributed by atoms with Gasteiger partial charge in [0.05, 0.1) is 0 Å². The third-order valence-electron chi connectivity index (χ3n) is 4.44. The molecule has 0 aromatic carbocycles. The molecule has 1 saturated carbocycles. The predicted molar refractivity (Wildman–Crippen MR) is 78.6 cm³/mol. The number of nitrogens with one attached hydrogen (secondary N) is 2. The minimum absolute atomic E-state index is 0.215. The quantitative estimate of drug-likeness (QED) is 0.869. The van der Waals surface area contributed by atoms with Gasteiger partial charge in [-0.25, -0.2) is 0 Å². The Labute approximate surface area is 119 Å². The molecule has 0 aliphatic heterocycles. The molecule has 1 aliphatic rings. The molecule has 0 radical (unpaired) electrons. The number of rotatable bonds is 5. The van der Waals surface area contributed by atoms with Crippen LogP contribution in [0.4, 0.5) is 11.9 Å². The van der Waals surface area contributed by atoms with E-state index in [2.05, 4.69) is 60.2 Å². The maximum Gasteiger partial charge on any atom is 0.229 e. The Kier molecular flexibility index (Phi) is 3.60. The van der Waals surface area contributed by atoms with Crippen molar-refractivity contribution in [2.24, 2.45) is 10.8 Å². The molecule has 0 amide bonds. The number of hydrogen-bond donors (Lipinski definition) is 2. The summed E-state index contributed by atoms with van der Waals surface area (Å²) >= 11 is 5.93. The van der Waals surface area contributed by atoms with E-state index < -0.39 is 0 Å². The normalized spacial score (nSPS) is 20.1. The van der Waals surface area contributed by atoms with Crippen LogP contribution < -0.4 is 10.6 Å². The zero-order chi connectivity index (χ0) is 14.3. The highest BCUT2D eigenvalue weighted by Gasteiger charge is 2.65. The highest BCUT2D eigenvalue weighted by atomic mass is 35.5. The zero-order valence-corrected chi connectivity index (χ0v) is 13.0. The van der Waals surface area contributed by atoms with Crippen LogP contribution in [-0.2, 0) is 0 Å². The van der Waals surface area contributed by atoms with Gasteiger partial charge in [0.1, 0.15) is 0 Å². The number of anilines is 2. The lowest BCUT2D eigenvalue weighted by atomic mass is 10.0. The van der Waals surface area contributed by atoms with E-state index in [-0.39, 0.29) is 16.1 Å². The van der Waals surface area contributed by atoms with E-state index >= 15 is 0 Å². The molecule has 0 saturated heterocycles. The van der Waals surface area contributed by atoms with Gasteiger partial charge in [0.15, 0.2) is 0 Å². The second-order valence-corrected chi connectivity index (χ2v) is 6.54. The molecule has 106 valence electrons. The van der Waals surface area contributed by atoms with Crippen molar-refractivity contribution in [2.45, 2.75) is 47.1 Å². The molecule has 0 atom stereocenters. The van der Waals surface area contributed by atoms with Gasteiger partial charge in [0.2, 0.25) is 17.2 Å². The topological polar surface area (TPSA) is 62.7 Å². The Balaban J connectivity index is 2.11. The van der Waals surface area contributed by atoms with Crippen LogP contribution in [-0.4, -0.2) is 27.5 Å². The van der Waals surface area contributed by atoms with Crippen LogP contribution in [0.2, 0.25) is 5.28 Å². The van der Waals surface area contributed by atoms with Crippen molar-refractivity contribution < 1.29 is 0 Å². The summed E-state index contributed by atoms with van der Waals surface area (Å²) in [5, 5.41) is 6.71. The van der Waals surface area contributed by atoms with Crippen LogP contribution in [0.3, 0.4) is 0 Å². The van der Waals surface area contributed by atoms with Crippen LogP contribution in [0.15, 0.2) is 0 Å². The summed E-state index contributed by atoms with van der Waals surface area (Å²) < 4.78 is 0. The first-order valence-corrected chi connectivity index (χ1v) is 7.09. The van der Waals surface area contributed by atoms with Crippen molar-refractivity contribution in [3.05, 3.63) is 5.28 Å². The third-order valence-corrected chi connectivity index (χ3v) is 4.60. The highest BCUT2D eigenvalue weighted by molar-refractivity contribution is 6.28. The molecular weight excluding hydrogens is 262 g/mol. The molecule has 1 fully saturated rings. The monoisotopic (exact) mass is 283 g/mol. The largest absolute Gasteiger partial charge is 0.354 e. The smallest absolute Gasteiger partial charge is 0.229 e. The minimum Gasteiger partial charge on any atom is -0.354 e. The Hall–Kier alpha value is -1.10. The number of aromatic nitrogens is 3. The Morgan fingerprint density at radius 1 is 1.05 bits per heavy atom. The van der Waals surface area contributed by atoms with Crippen molar-refractivity contribution in [1.82, 2.24) is 15.0 Å². The maximum atomic E-state index is 5.93. The van der Waals surface area contributed by atoms with Crippen molar-refractivity contribution in [3.8, 4) is 0 Å². The molecule has 1 aromatic rings. The molecule has 1 aromatic heterocycles. The molecule has 6 heteroatoms. The minimum atomic E-state index is 0.215.